The molecule has 0 atom stereocenters. The first-order valence-corrected chi connectivity index (χ1v) is 7.29. The maximum absolute atomic E-state index is 8.78. The lowest BCUT2D eigenvalue weighted by molar-refractivity contribution is 0.334. The molecule has 0 N–H and O–H groups in total. The lowest BCUT2D eigenvalue weighted by Crippen LogP contribution is -2.29. The Labute approximate surface area is 116 Å². The Morgan fingerprint density at radius 1 is 1.11 bits per heavy atom. The second-order valence-electron chi connectivity index (χ2n) is 5.13. The predicted octanol–water partition coefficient (Wildman–Crippen LogP) is 2.89. The highest BCUT2D eigenvalue weighted by molar-refractivity contribution is 5.45. The first-order valence-electron chi connectivity index (χ1n) is 7.29. The maximum Gasteiger partial charge on any atom is 0.0640 e. The lowest BCUT2D eigenvalue weighted by Gasteiger charge is -2.25. The van der Waals surface area contributed by atoms with Crippen LogP contribution in [0, 0.1) is 11.3 Å². The molecule has 0 spiro atoms. The fraction of sp³-hybridized carbons (Fsp3) is 0.562. The SMILES string of the molecule is N#CCCN(CCCN1CCCC1)c1ccccc1. The normalized spacial score (nSPS) is 15.3. The Kier molecular flexibility index (Phi) is 5.71. The molecule has 1 aromatic rings. The monoisotopic (exact) mass is 257 g/mol. The number of rotatable bonds is 7. The molecule has 3 nitrogen and oxygen atoms in total. The number of para-hydroxylation sites is 1. The average molecular weight is 257 g/mol. The van der Waals surface area contributed by atoms with Gasteiger partial charge < -0.3 is 9.80 Å². The van der Waals surface area contributed by atoms with Crippen LogP contribution in [0.4, 0.5) is 5.69 Å². The Bertz CT molecular complexity index is 390. The summed E-state index contributed by atoms with van der Waals surface area (Å²) in [6.45, 7) is 5.60. The summed E-state index contributed by atoms with van der Waals surface area (Å²) in [6, 6.07) is 12.7. The molecule has 1 aromatic carbocycles. The van der Waals surface area contributed by atoms with E-state index >= 15 is 0 Å². The zero-order valence-corrected chi connectivity index (χ0v) is 11.6. The van der Waals surface area contributed by atoms with Crippen molar-refractivity contribution in [3.05, 3.63) is 30.3 Å². The molecular formula is C16H23N3. The number of nitrogens with zero attached hydrogens (tertiary/aromatic N) is 3. The molecule has 0 bridgehead atoms. The third-order valence-corrected chi connectivity index (χ3v) is 3.72. The van der Waals surface area contributed by atoms with Gasteiger partial charge in [0.25, 0.3) is 0 Å². The van der Waals surface area contributed by atoms with Gasteiger partial charge in [0.05, 0.1) is 12.5 Å². The molecule has 1 saturated heterocycles. The van der Waals surface area contributed by atoms with E-state index in [0.29, 0.717) is 6.42 Å². The Morgan fingerprint density at radius 2 is 1.84 bits per heavy atom. The summed E-state index contributed by atoms with van der Waals surface area (Å²) in [4.78, 5) is 4.88. The van der Waals surface area contributed by atoms with Crippen molar-refractivity contribution in [2.45, 2.75) is 25.7 Å². The van der Waals surface area contributed by atoms with Crippen molar-refractivity contribution in [2.24, 2.45) is 0 Å². The molecule has 0 aliphatic carbocycles. The summed E-state index contributed by atoms with van der Waals surface area (Å²) in [7, 11) is 0. The molecule has 0 amide bonds. The van der Waals surface area contributed by atoms with E-state index in [-0.39, 0.29) is 0 Å². The minimum atomic E-state index is 0.596. The molecule has 1 heterocycles. The fourth-order valence-electron chi connectivity index (χ4n) is 2.69. The van der Waals surface area contributed by atoms with Crippen LogP contribution in [0.1, 0.15) is 25.7 Å². The van der Waals surface area contributed by atoms with Gasteiger partial charge in [0, 0.05) is 18.8 Å². The van der Waals surface area contributed by atoms with Crippen molar-refractivity contribution >= 4 is 5.69 Å². The van der Waals surface area contributed by atoms with Crippen LogP contribution in [0.15, 0.2) is 30.3 Å². The summed E-state index contributed by atoms with van der Waals surface area (Å²) >= 11 is 0. The van der Waals surface area contributed by atoms with Crippen LogP contribution in [0.5, 0.6) is 0 Å². The second kappa shape index (κ2) is 7.81. The van der Waals surface area contributed by atoms with Gasteiger partial charge in [-0.3, -0.25) is 0 Å². The van der Waals surface area contributed by atoms with Crippen LogP contribution in [0.3, 0.4) is 0 Å². The van der Waals surface area contributed by atoms with E-state index in [4.69, 9.17) is 5.26 Å². The lowest BCUT2D eigenvalue weighted by atomic mass is 10.2. The molecule has 0 radical (unpaired) electrons. The predicted molar refractivity (Wildman–Crippen MR) is 79.2 cm³/mol. The molecule has 102 valence electrons. The van der Waals surface area contributed by atoms with Gasteiger partial charge in [-0.05, 0) is 51.0 Å². The highest BCUT2D eigenvalue weighted by atomic mass is 15.2. The van der Waals surface area contributed by atoms with E-state index in [2.05, 4.69) is 40.1 Å². The minimum absolute atomic E-state index is 0.596. The molecular weight excluding hydrogens is 234 g/mol. The van der Waals surface area contributed by atoms with Crippen LogP contribution >= 0.6 is 0 Å². The molecule has 2 rings (SSSR count). The Balaban J connectivity index is 1.81. The summed E-state index contributed by atoms with van der Waals surface area (Å²) < 4.78 is 0. The number of benzene rings is 1. The van der Waals surface area contributed by atoms with Gasteiger partial charge in [-0.15, -0.1) is 0 Å². The van der Waals surface area contributed by atoms with Gasteiger partial charge in [-0.1, -0.05) is 18.2 Å². The molecule has 3 heteroatoms. The van der Waals surface area contributed by atoms with E-state index in [1.165, 1.54) is 44.6 Å². The third-order valence-electron chi connectivity index (χ3n) is 3.72. The molecule has 0 aromatic heterocycles. The van der Waals surface area contributed by atoms with Crippen molar-refractivity contribution in [1.29, 1.82) is 5.26 Å². The van der Waals surface area contributed by atoms with Gasteiger partial charge in [-0.25, -0.2) is 0 Å². The van der Waals surface area contributed by atoms with E-state index in [1.807, 2.05) is 6.07 Å². The summed E-state index contributed by atoms with van der Waals surface area (Å²) in [5.41, 5.74) is 1.24. The second-order valence-corrected chi connectivity index (χ2v) is 5.13. The first kappa shape index (κ1) is 13.9. The van der Waals surface area contributed by atoms with Gasteiger partial charge >= 0.3 is 0 Å². The Morgan fingerprint density at radius 3 is 2.53 bits per heavy atom. The van der Waals surface area contributed by atoms with Crippen molar-refractivity contribution in [1.82, 2.24) is 4.90 Å². The number of nitriles is 1. The summed E-state index contributed by atoms with van der Waals surface area (Å²) in [6.07, 6.45) is 4.49. The highest BCUT2D eigenvalue weighted by Crippen LogP contribution is 2.15. The van der Waals surface area contributed by atoms with Crippen molar-refractivity contribution in [2.75, 3.05) is 37.6 Å². The number of anilines is 1. The zero-order valence-electron chi connectivity index (χ0n) is 11.6. The largest absolute Gasteiger partial charge is 0.370 e. The van der Waals surface area contributed by atoms with Crippen LogP contribution in [0.2, 0.25) is 0 Å². The smallest absolute Gasteiger partial charge is 0.0640 e. The standard InChI is InChI=1S/C16H23N3/c17-10-6-14-19(16-8-2-1-3-9-16)15-7-13-18-11-4-5-12-18/h1-3,8-9H,4-7,11-15H2. The fourth-order valence-corrected chi connectivity index (χ4v) is 2.69. The number of hydrogen-bond acceptors (Lipinski definition) is 3. The summed E-state index contributed by atoms with van der Waals surface area (Å²) in [5, 5.41) is 8.78. The van der Waals surface area contributed by atoms with Gasteiger partial charge in [0.2, 0.25) is 0 Å². The van der Waals surface area contributed by atoms with Crippen LogP contribution in [0.25, 0.3) is 0 Å². The van der Waals surface area contributed by atoms with Crippen LogP contribution in [-0.4, -0.2) is 37.6 Å². The van der Waals surface area contributed by atoms with E-state index in [0.717, 1.165) is 13.1 Å². The average Bonchev–Trinajstić information content (AvgIpc) is 2.97. The van der Waals surface area contributed by atoms with Crippen LogP contribution < -0.4 is 4.90 Å². The van der Waals surface area contributed by atoms with Crippen molar-refractivity contribution in [3.63, 3.8) is 0 Å². The first-order chi connectivity index (χ1) is 9.40. The number of hydrogen-bond donors (Lipinski definition) is 0. The third kappa shape index (κ3) is 4.57. The minimum Gasteiger partial charge on any atom is -0.370 e. The number of likely N-dealkylation sites (tertiary alicyclic amines) is 1. The van der Waals surface area contributed by atoms with Gasteiger partial charge in [0.1, 0.15) is 0 Å². The van der Waals surface area contributed by atoms with Gasteiger partial charge in [0.15, 0.2) is 0 Å². The molecule has 19 heavy (non-hydrogen) atoms. The molecule has 1 fully saturated rings. The molecule has 1 aliphatic rings. The van der Waals surface area contributed by atoms with Crippen molar-refractivity contribution < 1.29 is 0 Å². The van der Waals surface area contributed by atoms with E-state index in [9.17, 15) is 0 Å². The van der Waals surface area contributed by atoms with Crippen LogP contribution in [-0.2, 0) is 0 Å². The summed E-state index contributed by atoms with van der Waals surface area (Å²) in [5.74, 6) is 0. The van der Waals surface area contributed by atoms with Crippen molar-refractivity contribution in [3.8, 4) is 6.07 Å². The zero-order chi connectivity index (χ0) is 13.3. The van der Waals surface area contributed by atoms with Gasteiger partial charge in [-0.2, -0.15) is 5.26 Å². The molecule has 0 unspecified atom stereocenters. The maximum atomic E-state index is 8.78. The highest BCUT2D eigenvalue weighted by Gasteiger charge is 2.12. The Hall–Kier alpha value is -1.53. The van der Waals surface area contributed by atoms with E-state index < -0.39 is 0 Å². The van der Waals surface area contributed by atoms with E-state index in [1.54, 1.807) is 0 Å². The molecule has 1 aliphatic heterocycles. The topological polar surface area (TPSA) is 30.3 Å². The quantitative estimate of drug-likeness (QED) is 0.752. The molecule has 0 saturated carbocycles.